The fraction of sp³-hybridized carbons (Fsp3) is 0.273. The van der Waals surface area contributed by atoms with E-state index in [0.29, 0.717) is 6.07 Å². The Morgan fingerprint density at radius 1 is 1.19 bits per heavy atom. The minimum atomic E-state index is -5.07. The van der Waals surface area contributed by atoms with Crippen molar-refractivity contribution in [3.8, 4) is 0 Å². The molecule has 21 heavy (non-hydrogen) atoms. The van der Waals surface area contributed by atoms with Gasteiger partial charge in [-0.15, -0.1) is 0 Å². The highest BCUT2D eigenvalue weighted by molar-refractivity contribution is 6.04. The van der Waals surface area contributed by atoms with E-state index < -0.39 is 41.7 Å². The Hall–Kier alpha value is -2.26. The predicted octanol–water partition coefficient (Wildman–Crippen LogP) is 2.47. The van der Waals surface area contributed by atoms with E-state index in [0.717, 1.165) is 12.1 Å². The molecule has 1 amide bonds. The Labute approximate surface area is 114 Å². The predicted molar refractivity (Wildman–Crippen MR) is 59.2 cm³/mol. The van der Waals surface area contributed by atoms with Gasteiger partial charge in [-0.1, -0.05) is 17.3 Å². The van der Waals surface area contributed by atoms with Crippen LogP contribution in [0.4, 0.5) is 26.3 Å². The first-order chi connectivity index (χ1) is 9.51. The van der Waals surface area contributed by atoms with Crippen LogP contribution in [0.25, 0.3) is 0 Å². The first-order valence-electron chi connectivity index (χ1n) is 5.25. The number of alkyl halides is 6. The molecule has 0 bridgehead atoms. The van der Waals surface area contributed by atoms with E-state index in [4.69, 9.17) is 0 Å². The van der Waals surface area contributed by atoms with Crippen LogP contribution in [0.3, 0.4) is 0 Å². The molecule has 0 heterocycles. The molecule has 2 N–H and O–H groups in total. The van der Waals surface area contributed by atoms with E-state index in [1.807, 2.05) is 0 Å². The van der Waals surface area contributed by atoms with Crippen LogP contribution in [0.2, 0.25) is 0 Å². The van der Waals surface area contributed by atoms with E-state index in [-0.39, 0.29) is 6.07 Å². The topological polar surface area (TPSA) is 64.7 Å². The Bertz CT molecular complexity index is 550. The maximum atomic E-state index is 12.8. The van der Waals surface area contributed by atoms with Crippen LogP contribution in [-0.4, -0.2) is 24.4 Å². The van der Waals surface area contributed by atoms with E-state index in [1.54, 1.807) is 0 Å². The van der Waals surface area contributed by atoms with Crippen molar-refractivity contribution in [2.75, 3.05) is 6.61 Å². The molecule has 1 aromatic carbocycles. The quantitative estimate of drug-likeness (QED) is 0.527. The van der Waals surface area contributed by atoms with E-state index in [2.05, 4.69) is 15.7 Å². The molecule has 1 aromatic rings. The van der Waals surface area contributed by atoms with Gasteiger partial charge in [0.2, 0.25) is 0 Å². The van der Waals surface area contributed by atoms with Crippen molar-refractivity contribution in [3.63, 3.8) is 0 Å². The van der Waals surface area contributed by atoms with Crippen LogP contribution < -0.4 is 5.73 Å². The highest BCUT2D eigenvalue weighted by atomic mass is 19.4. The van der Waals surface area contributed by atoms with E-state index in [1.165, 1.54) is 0 Å². The first kappa shape index (κ1) is 16.8. The van der Waals surface area contributed by atoms with Crippen molar-refractivity contribution in [1.29, 1.82) is 0 Å². The monoisotopic (exact) mass is 314 g/mol. The highest BCUT2D eigenvalue weighted by Crippen LogP contribution is 2.31. The fourth-order valence-electron chi connectivity index (χ4n) is 1.27. The summed E-state index contributed by atoms with van der Waals surface area (Å²) < 4.78 is 75.7. The van der Waals surface area contributed by atoms with Gasteiger partial charge in [-0.2, -0.15) is 26.3 Å². The highest BCUT2D eigenvalue weighted by Gasteiger charge is 2.39. The Morgan fingerprint density at radius 3 is 2.29 bits per heavy atom. The average Bonchev–Trinajstić information content (AvgIpc) is 2.32. The van der Waals surface area contributed by atoms with Crippen LogP contribution in [0.15, 0.2) is 29.4 Å². The van der Waals surface area contributed by atoms with Crippen molar-refractivity contribution in [3.05, 3.63) is 35.4 Å². The molecule has 0 spiro atoms. The molecule has 0 aliphatic rings. The SMILES string of the molecule is NC(=O)CON=C(c1cccc(C(F)(F)F)c1)C(F)(F)F. The molecule has 0 saturated heterocycles. The molecule has 0 aromatic heterocycles. The zero-order chi connectivity index (χ0) is 16.3. The number of halogens is 6. The van der Waals surface area contributed by atoms with Gasteiger partial charge < -0.3 is 10.6 Å². The summed E-state index contributed by atoms with van der Waals surface area (Å²) in [6, 6.07) is 2.48. The molecule has 1 rings (SSSR count). The zero-order valence-corrected chi connectivity index (χ0v) is 10.1. The molecule has 0 fully saturated rings. The normalized spacial score (nSPS) is 13.1. The van der Waals surface area contributed by atoms with Crippen LogP contribution >= 0.6 is 0 Å². The van der Waals surface area contributed by atoms with Gasteiger partial charge in [0.1, 0.15) is 0 Å². The number of oxime groups is 1. The number of carbonyl (C=O) groups is 1. The van der Waals surface area contributed by atoms with Crippen LogP contribution in [0.5, 0.6) is 0 Å². The lowest BCUT2D eigenvalue weighted by Crippen LogP contribution is -2.26. The molecule has 0 radical (unpaired) electrons. The summed E-state index contributed by atoms with van der Waals surface area (Å²) in [6.45, 7) is -0.932. The van der Waals surface area contributed by atoms with Crippen molar-refractivity contribution in [2.24, 2.45) is 10.9 Å². The van der Waals surface area contributed by atoms with Gasteiger partial charge in [-0.25, -0.2) is 0 Å². The van der Waals surface area contributed by atoms with Gasteiger partial charge >= 0.3 is 12.4 Å². The molecule has 0 atom stereocenters. The van der Waals surface area contributed by atoms with Gasteiger partial charge in [0.25, 0.3) is 5.91 Å². The molecule has 4 nitrogen and oxygen atoms in total. The standard InChI is InChI=1S/C11H8F6N2O2/c12-10(13,14)7-3-1-2-6(4-7)9(11(15,16)17)19-21-5-8(18)20/h1-4H,5H2,(H2,18,20). The number of nitrogens with two attached hydrogens (primary N) is 1. The summed E-state index contributed by atoms with van der Waals surface area (Å²) in [7, 11) is 0. The fourth-order valence-corrected chi connectivity index (χ4v) is 1.27. The van der Waals surface area contributed by atoms with Gasteiger partial charge in [0.15, 0.2) is 12.3 Å². The first-order valence-corrected chi connectivity index (χ1v) is 5.25. The summed E-state index contributed by atoms with van der Waals surface area (Å²) in [6.07, 6.45) is -9.87. The Morgan fingerprint density at radius 2 is 1.81 bits per heavy atom. The molecule has 116 valence electrons. The number of benzene rings is 1. The summed E-state index contributed by atoms with van der Waals surface area (Å²) in [4.78, 5) is 14.4. The summed E-state index contributed by atoms with van der Waals surface area (Å²) in [5, 5.41) is 2.65. The molecule has 0 unspecified atom stereocenters. The van der Waals surface area contributed by atoms with Crippen LogP contribution in [0, 0.1) is 0 Å². The molecule has 0 aliphatic carbocycles. The summed E-state index contributed by atoms with van der Waals surface area (Å²) >= 11 is 0. The van der Waals surface area contributed by atoms with Crippen LogP contribution in [-0.2, 0) is 15.8 Å². The minimum absolute atomic E-state index is 0.278. The Kier molecular flexibility index (Phi) is 4.81. The smallest absolute Gasteiger partial charge is 0.385 e. The Balaban J connectivity index is 3.19. The van der Waals surface area contributed by atoms with Crippen molar-refractivity contribution in [2.45, 2.75) is 12.4 Å². The molecule has 10 heteroatoms. The van der Waals surface area contributed by atoms with Crippen molar-refractivity contribution in [1.82, 2.24) is 0 Å². The molecule has 0 aliphatic heterocycles. The second-order valence-electron chi connectivity index (χ2n) is 3.76. The molecular weight excluding hydrogens is 306 g/mol. The average molecular weight is 314 g/mol. The number of hydrogen-bond acceptors (Lipinski definition) is 3. The van der Waals surface area contributed by atoms with E-state index >= 15 is 0 Å². The lowest BCUT2D eigenvalue weighted by molar-refractivity contribution is -0.137. The van der Waals surface area contributed by atoms with Crippen LogP contribution in [0.1, 0.15) is 11.1 Å². The minimum Gasteiger partial charge on any atom is -0.385 e. The lowest BCUT2D eigenvalue weighted by Gasteiger charge is -2.12. The van der Waals surface area contributed by atoms with Crippen molar-refractivity contribution >= 4 is 11.6 Å². The third-order valence-electron chi connectivity index (χ3n) is 2.09. The molecule has 0 saturated carbocycles. The van der Waals surface area contributed by atoms with Gasteiger partial charge in [-0.05, 0) is 12.1 Å². The summed E-state index contributed by atoms with van der Waals surface area (Å²) in [5.41, 5.74) is 0.828. The third-order valence-corrected chi connectivity index (χ3v) is 2.09. The second kappa shape index (κ2) is 6.02. The number of carbonyl (C=O) groups excluding carboxylic acids is 1. The number of hydrogen-bond donors (Lipinski definition) is 1. The zero-order valence-electron chi connectivity index (χ0n) is 10.1. The van der Waals surface area contributed by atoms with E-state index in [9.17, 15) is 31.1 Å². The number of primary amides is 1. The number of nitrogens with zero attached hydrogens (tertiary/aromatic N) is 1. The van der Waals surface area contributed by atoms with Gasteiger partial charge in [0.05, 0.1) is 5.56 Å². The number of rotatable bonds is 4. The largest absolute Gasteiger partial charge is 0.437 e. The molecular formula is C11H8F6N2O2. The lowest BCUT2D eigenvalue weighted by atomic mass is 10.1. The third kappa shape index (κ3) is 4.97. The number of amides is 1. The second-order valence-corrected chi connectivity index (χ2v) is 3.76. The van der Waals surface area contributed by atoms with Gasteiger partial charge in [-0.3, -0.25) is 4.79 Å². The van der Waals surface area contributed by atoms with Gasteiger partial charge in [0, 0.05) is 5.56 Å². The maximum absolute atomic E-state index is 12.8. The van der Waals surface area contributed by atoms with Crippen molar-refractivity contribution < 1.29 is 36.0 Å². The summed E-state index contributed by atoms with van der Waals surface area (Å²) in [5.74, 6) is -1.08. The maximum Gasteiger partial charge on any atom is 0.437 e.